The van der Waals surface area contributed by atoms with Gasteiger partial charge in [-0.3, -0.25) is 0 Å². The van der Waals surface area contributed by atoms with E-state index in [9.17, 15) is 0 Å². The molecular weight excluding hydrogens is 250 g/mol. The van der Waals surface area contributed by atoms with Crippen LogP contribution in [-0.4, -0.2) is 6.54 Å². The van der Waals surface area contributed by atoms with Gasteiger partial charge in [0.05, 0.1) is 0 Å². The van der Waals surface area contributed by atoms with Crippen LogP contribution in [0, 0.1) is 5.92 Å². The Hall–Kier alpha value is -0.340. The molecule has 1 aliphatic carbocycles. The van der Waals surface area contributed by atoms with Gasteiger partial charge in [0, 0.05) is 15.8 Å². The van der Waals surface area contributed by atoms with Crippen LogP contribution < -0.4 is 5.32 Å². The predicted octanol–water partition coefficient (Wildman–Crippen LogP) is 5.10. The number of aryl methyl sites for hydroxylation is 2. The molecule has 0 bridgehead atoms. The van der Waals surface area contributed by atoms with E-state index in [1.807, 2.05) is 0 Å². The van der Waals surface area contributed by atoms with Crippen molar-refractivity contribution in [3.63, 3.8) is 0 Å². The fourth-order valence-electron chi connectivity index (χ4n) is 3.10. The van der Waals surface area contributed by atoms with Gasteiger partial charge in [0.15, 0.2) is 0 Å². The summed E-state index contributed by atoms with van der Waals surface area (Å²) in [5.41, 5.74) is 1.65. The van der Waals surface area contributed by atoms with Gasteiger partial charge in [-0.1, -0.05) is 33.6 Å². The smallest absolute Gasteiger partial charge is 0.0417 e. The summed E-state index contributed by atoms with van der Waals surface area (Å²) < 4.78 is 0. The van der Waals surface area contributed by atoms with E-state index in [-0.39, 0.29) is 0 Å². The van der Waals surface area contributed by atoms with E-state index in [2.05, 4.69) is 43.5 Å². The van der Waals surface area contributed by atoms with Gasteiger partial charge in [-0.05, 0) is 56.2 Å². The van der Waals surface area contributed by atoms with E-state index < -0.39 is 0 Å². The highest BCUT2D eigenvalue weighted by molar-refractivity contribution is 7.12. The van der Waals surface area contributed by atoms with Gasteiger partial charge < -0.3 is 5.32 Å². The van der Waals surface area contributed by atoms with Crippen LogP contribution in [0.2, 0.25) is 0 Å². The van der Waals surface area contributed by atoms with E-state index >= 15 is 0 Å². The molecule has 1 heterocycles. The molecule has 19 heavy (non-hydrogen) atoms. The first-order valence-electron chi connectivity index (χ1n) is 8.13. The van der Waals surface area contributed by atoms with Crippen molar-refractivity contribution in [1.82, 2.24) is 5.32 Å². The Labute approximate surface area is 122 Å². The van der Waals surface area contributed by atoms with Crippen LogP contribution in [0.1, 0.15) is 74.2 Å². The third-order valence-electron chi connectivity index (χ3n) is 4.47. The van der Waals surface area contributed by atoms with Crippen molar-refractivity contribution >= 4 is 11.3 Å². The third-order valence-corrected chi connectivity index (χ3v) is 5.82. The highest BCUT2D eigenvalue weighted by Gasteiger charge is 2.21. The largest absolute Gasteiger partial charge is 0.309 e. The summed E-state index contributed by atoms with van der Waals surface area (Å²) in [6, 6.07) is 3.10. The van der Waals surface area contributed by atoms with Gasteiger partial charge in [0.25, 0.3) is 0 Å². The molecule has 0 amide bonds. The van der Waals surface area contributed by atoms with Gasteiger partial charge in [0.1, 0.15) is 0 Å². The van der Waals surface area contributed by atoms with Gasteiger partial charge in [-0.15, -0.1) is 11.3 Å². The SMILES string of the molecule is CCCNC(CC(CC)CC)c1cc2c(s1)CCC2. The molecule has 0 spiro atoms. The van der Waals surface area contributed by atoms with Crippen LogP contribution in [-0.2, 0) is 12.8 Å². The molecular formula is C17H29NS. The lowest BCUT2D eigenvalue weighted by atomic mass is 9.94. The maximum absolute atomic E-state index is 3.78. The number of thiophene rings is 1. The first-order chi connectivity index (χ1) is 9.28. The minimum Gasteiger partial charge on any atom is -0.309 e. The molecule has 0 saturated heterocycles. The molecule has 2 rings (SSSR count). The van der Waals surface area contributed by atoms with E-state index in [1.165, 1.54) is 44.9 Å². The Kier molecular flexibility index (Phi) is 5.90. The number of nitrogens with one attached hydrogen (secondary N) is 1. The summed E-state index contributed by atoms with van der Waals surface area (Å²) in [6.45, 7) is 8.07. The number of hydrogen-bond donors (Lipinski definition) is 1. The van der Waals surface area contributed by atoms with Crippen LogP contribution in [0.15, 0.2) is 6.07 Å². The van der Waals surface area contributed by atoms with Gasteiger partial charge in [-0.25, -0.2) is 0 Å². The second kappa shape index (κ2) is 7.44. The Balaban J connectivity index is 2.06. The van der Waals surface area contributed by atoms with Crippen LogP contribution >= 0.6 is 11.3 Å². The first-order valence-corrected chi connectivity index (χ1v) is 8.94. The topological polar surface area (TPSA) is 12.0 Å². The zero-order valence-electron chi connectivity index (χ0n) is 12.8. The minimum absolute atomic E-state index is 0.598. The Morgan fingerprint density at radius 2 is 2.00 bits per heavy atom. The van der Waals surface area contributed by atoms with Gasteiger partial charge in [-0.2, -0.15) is 0 Å². The van der Waals surface area contributed by atoms with Crippen LogP contribution in [0.4, 0.5) is 0 Å². The Morgan fingerprint density at radius 3 is 2.63 bits per heavy atom. The zero-order valence-corrected chi connectivity index (χ0v) is 13.6. The summed E-state index contributed by atoms with van der Waals surface area (Å²) >= 11 is 2.08. The molecule has 1 atom stereocenters. The highest BCUT2D eigenvalue weighted by atomic mass is 32.1. The van der Waals surface area contributed by atoms with E-state index in [4.69, 9.17) is 0 Å². The van der Waals surface area contributed by atoms with Crippen molar-refractivity contribution in [3.05, 3.63) is 21.4 Å². The molecule has 1 nitrogen and oxygen atoms in total. The quantitative estimate of drug-likeness (QED) is 0.697. The minimum atomic E-state index is 0.598. The van der Waals surface area contributed by atoms with Crippen LogP contribution in [0.25, 0.3) is 0 Å². The Morgan fingerprint density at radius 1 is 1.21 bits per heavy atom. The molecule has 0 radical (unpaired) electrons. The van der Waals surface area contributed by atoms with Crippen molar-refractivity contribution < 1.29 is 0 Å². The molecule has 0 aliphatic heterocycles. The van der Waals surface area contributed by atoms with Gasteiger partial charge in [0.2, 0.25) is 0 Å². The van der Waals surface area contributed by atoms with Crippen molar-refractivity contribution in [2.45, 2.75) is 71.8 Å². The first kappa shape index (κ1) is 15.1. The molecule has 1 aromatic heterocycles. The average molecular weight is 279 g/mol. The van der Waals surface area contributed by atoms with E-state index in [0.717, 1.165) is 12.5 Å². The second-order valence-electron chi connectivity index (χ2n) is 5.88. The van der Waals surface area contributed by atoms with Crippen molar-refractivity contribution in [2.24, 2.45) is 5.92 Å². The van der Waals surface area contributed by atoms with Crippen LogP contribution in [0.3, 0.4) is 0 Å². The lowest BCUT2D eigenvalue weighted by Crippen LogP contribution is -2.23. The molecule has 0 fully saturated rings. The molecule has 1 N–H and O–H groups in total. The molecule has 108 valence electrons. The number of hydrogen-bond acceptors (Lipinski definition) is 2. The average Bonchev–Trinajstić information content (AvgIpc) is 3.00. The summed E-state index contributed by atoms with van der Waals surface area (Å²) in [7, 11) is 0. The third kappa shape index (κ3) is 3.82. The lowest BCUT2D eigenvalue weighted by molar-refractivity contribution is 0.374. The number of rotatable bonds is 8. The zero-order chi connectivity index (χ0) is 13.7. The van der Waals surface area contributed by atoms with Crippen molar-refractivity contribution in [1.29, 1.82) is 0 Å². The highest BCUT2D eigenvalue weighted by Crippen LogP contribution is 2.36. The molecule has 2 heteroatoms. The predicted molar refractivity (Wildman–Crippen MR) is 86.1 cm³/mol. The Bertz CT molecular complexity index is 357. The maximum Gasteiger partial charge on any atom is 0.0417 e. The lowest BCUT2D eigenvalue weighted by Gasteiger charge is -2.22. The molecule has 1 aromatic rings. The summed E-state index contributed by atoms with van der Waals surface area (Å²) in [5.74, 6) is 0.867. The van der Waals surface area contributed by atoms with Crippen molar-refractivity contribution in [2.75, 3.05) is 6.54 Å². The standard InChI is InChI=1S/C17H29NS/c1-4-10-18-15(11-13(5-2)6-3)17-12-14-8-7-9-16(14)19-17/h12-13,15,18H,4-11H2,1-3H3. The van der Waals surface area contributed by atoms with E-state index in [0.29, 0.717) is 6.04 Å². The summed E-state index contributed by atoms with van der Waals surface area (Å²) in [6.07, 6.45) is 9.18. The van der Waals surface area contributed by atoms with Crippen LogP contribution in [0.5, 0.6) is 0 Å². The number of fused-ring (bicyclic) bond motifs is 1. The monoisotopic (exact) mass is 279 g/mol. The fourth-order valence-corrected chi connectivity index (χ4v) is 4.44. The molecule has 0 aromatic carbocycles. The van der Waals surface area contributed by atoms with Crippen molar-refractivity contribution in [3.8, 4) is 0 Å². The fraction of sp³-hybridized carbons (Fsp3) is 0.765. The normalized spacial score (nSPS) is 16.0. The van der Waals surface area contributed by atoms with E-state index in [1.54, 1.807) is 15.3 Å². The summed E-state index contributed by atoms with van der Waals surface area (Å²) in [4.78, 5) is 3.27. The summed E-state index contributed by atoms with van der Waals surface area (Å²) in [5, 5.41) is 3.78. The molecule has 0 saturated carbocycles. The molecule has 1 aliphatic rings. The molecule has 1 unspecified atom stereocenters. The maximum atomic E-state index is 3.78. The second-order valence-corrected chi connectivity index (χ2v) is 7.04. The van der Waals surface area contributed by atoms with Gasteiger partial charge >= 0.3 is 0 Å².